The molecule has 1 aromatic carbocycles. The molecule has 0 unspecified atom stereocenters. The van der Waals surface area contributed by atoms with Gasteiger partial charge >= 0.3 is 5.97 Å². The molecule has 0 saturated heterocycles. The summed E-state index contributed by atoms with van der Waals surface area (Å²) in [6.07, 6.45) is 3.64. The third-order valence-corrected chi connectivity index (χ3v) is 4.07. The van der Waals surface area contributed by atoms with Crippen molar-refractivity contribution in [3.05, 3.63) is 41.6 Å². The summed E-state index contributed by atoms with van der Waals surface area (Å²) in [6.45, 7) is 13.5. The number of hydrogen-bond acceptors (Lipinski definition) is 3. The van der Waals surface area contributed by atoms with E-state index in [1.54, 1.807) is 0 Å². The quantitative estimate of drug-likeness (QED) is 0.754. The third-order valence-electron chi connectivity index (χ3n) is 4.07. The van der Waals surface area contributed by atoms with E-state index in [0.717, 1.165) is 12.0 Å². The van der Waals surface area contributed by atoms with Crippen LogP contribution in [0.5, 0.6) is 0 Å². The van der Waals surface area contributed by atoms with E-state index in [9.17, 15) is 4.79 Å². The van der Waals surface area contributed by atoms with Gasteiger partial charge in [0.15, 0.2) is 0 Å². The first-order valence-corrected chi connectivity index (χ1v) is 8.39. The maximum absolute atomic E-state index is 12.2. The van der Waals surface area contributed by atoms with Gasteiger partial charge in [0.2, 0.25) is 0 Å². The van der Waals surface area contributed by atoms with Gasteiger partial charge in [-0.2, -0.15) is 0 Å². The molecule has 1 aromatic rings. The summed E-state index contributed by atoms with van der Waals surface area (Å²) in [5.41, 5.74) is 3.21. The summed E-state index contributed by atoms with van der Waals surface area (Å²) in [7, 11) is 0. The topological polar surface area (TPSA) is 29.5 Å². The second-order valence-electron chi connectivity index (χ2n) is 8.10. The van der Waals surface area contributed by atoms with Crippen molar-refractivity contribution < 1.29 is 9.53 Å². The molecular weight excluding hydrogens is 286 g/mol. The Morgan fingerprint density at radius 1 is 1.17 bits per heavy atom. The normalized spacial score (nSPS) is 15.0. The summed E-state index contributed by atoms with van der Waals surface area (Å²) < 4.78 is 5.22. The van der Waals surface area contributed by atoms with E-state index in [0.29, 0.717) is 13.0 Å². The number of esters is 1. The molecule has 1 aliphatic rings. The molecule has 2 rings (SSSR count). The Hall–Kier alpha value is -1.77. The van der Waals surface area contributed by atoms with E-state index in [1.165, 1.54) is 11.3 Å². The standard InChI is InChI=1S/C20H29NO2/c1-7-23-18(22)16-12-15-10-8-9-11-17(15)21(13-16)20(5,6)14-19(2,3)4/h8-11,13H,7,12,14H2,1-6H3. The van der Waals surface area contributed by atoms with Gasteiger partial charge < -0.3 is 9.64 Å². The Morgan fingerprint density at radius 2 is 1.83 bits per heavy atom. The monoisotopic (exact) mass is 315 g/mol. The molecule has 0 amide bonds. The fourth-order valence-corrected chi connectivity index (χ4v) is 3.60. The average molecular weight is 315 g/mol. The van der Waals surface area contributed by atoms with E-state index >= 15 is 0 Å². The van der Waals surface area contributed by atoms with Gasteiger partial charge in [0.25, 0.3) is 0 Å². The number of carbonyl (C=O) groups excluding carboxylic acids is 1. The van der Waals surface area contributed by atoms with Crippen LogP contribution in [0.1, 0.15) is 53.5 Å². The molecule has 3 nitrogen and oxygen atoms in total. The number of benzene rings is 1. The molecule has 0 spiro atoms. The lowest BCUT2D eigenvalue weighted by atomic mass is 9.80. The maximum atomic E-state index is 12.2. The van der Waals surface area contributed by atoms with Crippen LogP contribution in [0, 0.1) is 5.41 Å². The van der Waals surface area contributed by atoms with Crippen molar-refractivity contribution in [3.63, 3.8) is 0 Å². The van der Waals surface area contributed by atoms with E-state index in [1.807, 2.05) is 19.2 Å². The molecule has 0 N–H and O–H groups in total. The minimum atomic E-state index is -0.210. The van der Waals surface area contributed by atoms with Gasteiger partial charge in [-0.25, -0.2) is 4.79 Å². The van der Waals surface area contributed by atoms with E-state index in [2.05, 4.69) is 57.7 Å². The van der Waals surface area contributed by atoms with Crippen LogP contribution in [0.4, 0.5) is 5.69 Å². The Balaban J connectivity index is 2.43. The predicted molar refractivity (Wildman–Crippen MR) is 95.5 cm³/mol. The number of ether oxygens (including phenoxy) is 1. The highest BCUT2D eigenvalue weighted by Crippen LogP contribution is 2.39. The minimum Gasteiger partial charge on any atom is -0.463 e. The number of rotatable bonds is 4. The third kappa shape index (κ3) is 4.15. The second kappa shape index (κ2) is 6.38. The SMILES string of the molecule is CCOC(=O)C1=CN(C(C)(C)CC(C)(C)C)c2ccccc2C1. The largest absolute Gasteiger partial charge is 0.463 e. The van der Waals surface area contributed by atoms with Gasteiger partial charge in [-0.05, 0) is 44.2 Å². The highest BCUT2D eigenvalue weighted by Gasteiger charge is 2.34. The van der Waals surface area contributed by atoms with Crippen LogP contribution in [0.25, 0.3) is 0 Å². The summed E-state index contributed by atoms with van der Waals surface area (Å²) in [6, 6.07) is 8.32. The fraction of sp³-hybridized carbons (Fsp3) is 0.550. The molecule has 23 heavy (non-hydrogen) atoms. The fourth-order valence-electron chi connectivity index (χ4n) is 3.60. The van der Waals surface area contributed by atoms with Gasteiger partial charge in [-0.3, -0.25) is 0 Å². The Morgan fingerprint density at radius 3 is 2.43 bits per heavy atom. The maximum Gasteiger partial charge on any atom is 0.335 e. The first-order valence-electron chi connectivity index (χ1n) is 8.39. The first-order chi connectivity index (χ1) is 10.6. The smallest absolute Gasteiger partial charge is 0.335 e. The molecule has 0 saturated carbocycles. The van der Waals surface area contributed by atoms with Gasteiger partial charge in [0.1, 0.15) is 0 Å². The van der Waals surface area contributed by atoms with Crippen LogP contribution in [-0.4, -0.2) is 18.1 Å². The van der Waals surface area contributed by atoms with Gasteiger partial charge in [-0.15, -0.1) is 0 Å². The molecule has 0 radical (unpaired) electrons. The summed E-state index contributed by atoms with van der Waals surface area (Å²) >= 11 is 0. The Bertz CT molecular complexity index is 608. The molecule has 1 aliphatic heterocycles. The average Bonchev–Trinajstić information content (AvgIpc) is 2.43. The second-order valence-corrected chi connectivity index (χ2v) is 8.10. The lowest BCUT2D eigenvalue weighted by molar-refractivity contribution is -0.138. The van der Waals surface area contributed by atoms with Gasteiger partial charge in [0.05, 0.1) is 12.2 Å². The molecule has 0 atom stereocenters. The van der Waals surface area contributed by atoms with Crippen LogP contribution in [0.3, 0.4) is 0 Å². The van der Waals surface area contributed by atoms with Crippen LogP contribution >= 0.6 is 0 Å². The van der Waals surface area contributed by atoms with E-state index in [4.69, 9.17) is 4.74 Å². The predicted octanol–water partition coefficient (Wildman–Crippen LogP) is 4.71. The van der Waals surface area contributed by atoms with E-state index < -0.39 is 0 Å². The molecule has 0 aromatic heterocycles. The highest BCUT2D eigenvalue weighted by atomic mass is 16.5. The van der Waals surface area contributed by atoms with Crippen LogP contribution in [-0.2, 0) is 16.0 Å². The summed E-state index contributed by atoms with van der Waals surface area (Å²) in [4.78, 5) is 14.5. The molecule has 0 fully saturated rings. The van der Waals surface area contributed by atoms with Crippen molar-refractivity contribution in [2.45, 2.75) is 59.9 Å². The van der Waals surface area contributed by atoms with Gasteiger partial charge in [-0.1, -0.05) is 39.0 Å². The van der Waals surface area contributed by atoms with E-state index in [-0.39, 0.29) is 16.9 Å². The molecule has 0 aliphatic carbocycles. The molecule has 3 heteroatoms. The molecule has 1 heterocycles. The zero-order valence-corrected chi connectivity index (χ0v) is 15.3. The van der Waals surface area contributed by atoms with Crippen LogP contribution < -0.4 is 4.90 Å². The zero-order valence-electron chi connectivity index (χ0n) is 15.3. The first kappa shape index (κ1) is 17.6. The number of hydrogen-bond donors (Lipinski definition) is 0. The van der Waals surface area contributed by atoms with Crippen molar-refractivity contribution in [1.82, 2.24) is 0 Å². The summed E-state index contributed by atoms with van der Waals surface area (Å²) in [5.74, 6) is -0.210. The lowest BCUT2D eigenvalue weighted by Crippen LogP contribution is -2.45. The molecule has 126 valence electrons. The number of para-hydroxylation sites is 1. The number of fused-ring (bicyclic) bond motifs is 1. The molecular formula is C20H29NO2. The zero-order chi connectivity index (χ0) is 17.3. The van der Waals surface area contributed by atoms with Crippen molar-refractivity contribution in [2.75, 3.05) is 11.5 Å². The molecule has 0 bridgehead atoms. The number of carbonyl (C=O) groups is 1. The Kier molecular flexibility index (Phi) is 4.88. The van der Waals surface area contributed by atoms with Crippen molar-refractivity contribution in [1.29, 1.82) is 0 Å². The number of nitrogens with zero attached hydrogens (tertiary/aromatic N) is 1. The number of anilines is 1. The minimum absolute atomic E-state index is 0.0908. The van der Waals surface area contributed by atoms with Crippen molar-refractivity contribution in [3.8, 4) is 0 Å². The summed E-state index contributed by atoms with van der Waals surface area (Å²) in [5, 5.41) is 0. The Labute approximate surface area is 140 Å². The van der Waals surface area contributed by atoms with Crippen molar-refractivity contribution >= 4 is 11.7 Å². The van der Waals surface area contributed by atoms with Gasteiger partial charge in [0, 0.05) is 23.8 Å². The van der Waals surface area contributed by atoms with Crippen molar-refractivity contribution in [2.24, 2.45) is 5.41 Å². The van der Waals surface area contributed by atoms with Crippen LogP contribution in [0.2, 0.25) is 0 Å². The highest BCUT2D eigenvalue weighted by molar-refractivity contribution is 5.91. The van der Waals surface area contributed by atoms with Crippen LogP contribution in [0.15, 0.2) is 36.0 Å². The lowest BCUT2D eigenvalue weighted by Gasteiger charge is -2.44.